The highest BCUT2D eigenvalue weighted by atomic mass is 16.5. The molecule has 0 N–H and O–H groups in total. The lowest BCUT2D eigenvalue weighted by Gasteiger charge is -2.47. The monoisotopic (exact) mass is 352 g/mol. The molecule has 0 aromatic carbocycles. The topological polar surface area (TPSA) is 58.6 Å². The second-order valence-corrected chi connectivity index (χ2v) is 7.01. The summed E-state index contributed by atoms with van der Waals surface area (Å²) in [5.74, 6) is 0.0154. The first-order valence-electron chi connectivity index (χ1n) is 9.18. The van der Waals surface area contributed by atoms with E-state index < -0.39 is 0 Å². The smallest absolute Gasteiger partial charge is 0.272 e. The third-order valence-electron chi connectivity index (χ3n) is 5.23. The van der Waals surface area contributed by atoms with Crippen LogP contribution in [-0.2, 0) is 11.3 Å². The van der Waals surface area contributed by atoms with E-state index in [1.165, 1.54) is 5.56 Å². The van der Waals surface area contributed by atoms with Gasteiger partial charge in [-0.15, -0.1) is 0 Å². The van der Waals surface area contributed by atoms with Gasteiger partial charge in [0.2, 0.25) is 0 Å². The Morgan fingerprint density at radius 2 is 2.08 bits per heavy atom. The lowest BCUT2D eigenvalue weighted by atomic mass is 9.97. The van der Waals surface area contributed by atoms with Crippen molar-refractivity contribution < 1.29 is 9.53 Å². The van der Waals surface area contributed by atoms with E-state index in [4.69, 9.17) is 4.74 Å². The molecule has 0 unspecified atom stereocenters. The normalized spacial score (nSPS) is 23.5. The van der Waals surface area contributed by atoms with Crippen LogP contribution in [0, 0.1) is 6.92 Å². The molecule has 136 valence electrons. The molecule has 26 heavy (non-hydrogen) atoms. The Balaban J connectivity index is 1.49. The van der Waals surface area contributed by atoms with Gasteiger partial charge in [-0.05, 0) is 43.2 Å². The summed E-state index contributed by atoms with van der Waals surface area (Å²) in [6, 6.07) is 9.92. The van der Waals surface area contributed by atoms with Gasteiger partial charge in [0.15, 0.2) is 0 Å². The SMILES string of the molecule is Cc1cccc(C(=O)N2CC[C@@H]3OCCN(Cc4ccncc4)[C@H]3C2)n1. The quantitative estimate of drug-likeness (QED) is 0.844. The molecule has 2 fully saturated rings. The van der Waals surface area contributed by atoms with Gasteiger partial charge in [0, 0.05) is 44.3 Å². The average Bonchev–Trinajstić information content (AvgIpc) is 2.68. The number of carbonyl (C=O) groups is 1. The van der Waals surface area contributed by atoms with Crippen molar-refractivity contribution in [3.63, 3.8) is 0 Å². The highest BCUT2D eigenvalue weighted by Gasteiger charge is 2.38. The van der Waals surface area contributed by atoms with Crippen LogP contribution >= 0.6 is 0 Å². The molecule has 2 saturated heterocycles. The number of rotatable bonds is 3. The molecule has 0 spiro atoms. The summed E-state index contributed by atoms with van der Waals surface area (Å²) < 4.78 is 6.00. The van der Waals surface area contributed by atoms with E-state index in [9.17, 15) is 4.79 Å². The van der Waals surface area contributed by atoms with Gasteiger partial charge >= 0.3 is 0 Å². The highest BCUT2D eigenvalue weighted by Crippen LogP contribution is 2.25. The molecular formula is C20H24N4O2. The van der Waals surface area contributed by atoms with Crippen LogP contribution in [-0.4, -0.2) is 64.1 Å². The second-order valence-electron chi connectivity index (χ2n) is 7.01. The molecule has 2 aliphatic rings. The predicted octanol–water partition coefficient (Wildman–Crippen LogP) is 1.90. The number of aromatic nitrogens is 2. The maximum atomic E-state index is 12.9. The summed E-state index contributed by atoms with van der Waals surface area (Å²) >= 11 is 0. The van der Waals surface area contributed by atoms with Crippen molar-refractivity contribution in [3.05, 3.63) is 59.7 Å². The minimum atomic E-state index is 0.0154. The van der Waals surface area contributed by atoms with E-state index >= 15 is 0 Å². The summed E-state index contributed by atoms with van der Waals surface area (Å²) in [5.41, 5.74) is 2.64. The maximum absolute atomic E-state index is 12.9. The zero-order valence-electron chi connectivity index (χ0n) is 15.0. The summed E-state index contributed by atoms with van der Waals surface area (Å²) in [5, 5.41) is 0. The largest absolute Gasteiger partial charge is 0.375 e. The van der Waals surface area contributed by atoms with Crippen molar-refractivity contribution in [2.24, 2.45) is 0 Å². The molecule has 6 nitrogen and oxygen atoms in total. The standard InChI is InChI=1S/C20H24N4O2/c1-15-3-2-4-17(22-15)20(25)24-10-7-19-18(14-24)23(11-12-26-19)13-16-5-8-21-9-6-16/h2-6,8-9,18-19H,7,10-14H2,1H3/t18-,19-/m0/s1. The molecule has 4 rings (SSSR count). The highest BCUT2D eigenvalue weighted by molar-refractivity contribution is 5.92. The maximum Gasteiger partial charge on any atom is 0.272 e. The molecule has 0 aliphatic carbocycles. The van der Waals surface area contributed by atoms with Crippen LogP contribution < -0.4 is 0 Å². The van der Waals surface area contributed by atoms with E-state index in [0.29, 0.717) is 12.2 Å². The molecule has 4 heterocycles. The van der Waals surface area contributed by atoms with Gasteiger partial charge in [0.05, 0.1) is 18.8 Å². The fourth-order valence-electron chi connectivity index (χ4n) is 3.87. The zero-order chi connectivity index (χ0) is 17.9. The zero-order valence-corrected chi connectivity index (χ0v) is 15.0. The Hall–Kier alpha value is -2.31. The second kappa shape index (κ2) is 7.51. The number of hydrogen-bond acceptors (Lipinski definition) is 5. The van der Waals surface area contributed by atoms with Crippen molar-refractivity contribution in [1.82, 2.24) is 19.8 Å². The summed E-state index contributed by atoms with van der Waals surface area (Å²) in [6.45, 7) is 5.81. The Bertz CT molecular complexity index is 767. The van der Waals surface area contributed by atoms with Gasteiger partial charge in [0.25, 0.3) is 5.91 Å². The molecule has 2 aromatic rings. The van der Waals surface area contributed by atoms with Crippen molar-refractivity contribution in [3.8, 4) is 0 Å². The lowest BCUT2D eigenvalue weighted by molar-refractivity contribution is -0.101. The van der Waals surface area contributed by atoms with E-state index in [1.807, 2.05) is 48.5 Å². The first kappa shape index (κ1) is 17.1. The first-order chi connectivity index (χ1) is 12.7. The number of carbonyl (C=O) groups excluding carboxylic acids is 1. The van der Waals surface area contributed by atoms with E-state index in [2.05, 4.69) is 14.9 Å². The van der Waals surface area contributed by atoms with Crippen molar-refractivity contribution in [1.29, 1.82) is 0 Å². The molecule has 2 atom stereocenters. The number of nitrogens with zero attached hydrogens (tertiary/aromatic N) is 4. The molecule has 1 amide bonds. The number of amides is 1. The Kier molecular flexibility index (Phi) is 4.95. The lowest BCUT2D eigenvalue weighted by Crippen LogP contribution is -2.60. The van der Waals surface area contributed by atoms with Gasteiger partial charge in [-0.2, -0.15) is 0 Å². The van der Waals surface area contributed by atoms with Crippen LogP contribution in [0.15, 0.2) is 42.7 Å². The van der Waals surface area contributed by atoms with Crippen molar-refractivity contribution >= 4 is 5.91 Å². The molecule has 0 radical (unpaired) electrons. The Morgan fingerprint density at radius 3 is 2.88 bits per heavy atom. The van der Waals surface area contributed by atoms with Crippen LogP contribution in [0.4, 0.5) is 0 Å². The first-order valence-corrected chi connectivity index (χ1v) is 9.18. The van der Waals surface area contributed by atoms with E-state index in [-0.39, 0.29) is 18.1 Å². The van der Waals surface area contributed by atoms with Gasteiger partial charge in [-0.1, -0.05) is 6.07 Å². The van der Waals surface area contributed by atoms with Crippen LogP contribution in [0.1, 0.15) is 28.2 Å². The average molecular weight is 352 g/mol. The van der Waals surface area contributed by atoms with Gasteiger partial charge in [-0.25, -0.2) is 4.98 Å². The number of aryl methyl sites for hydroxylation is 1. The van der Waals surface area contributed by atoms with Crippen molar-refractivity contribution in [2.45, 2.75) is 32.0 Å². The number of morpholine rings is 1. The molecule has 0 saturated carbocycles. The van der Waals surface area contributed by atoms with Gasteiger partial charge < -0.3 is 9.64 Å². The molecule has 6 heteroatoms. The number of pyridine rings is 2. The fraction of sp³-hybridized carbons (Fsp3) is 0.450. The van der Waals surface area contributed by atoms with Gasteiger partial charge in [0.1, 0.15) is 5.69 Å². The number of fused-ring (bicyclic) bond motifs is 1. The van der Waals surface area contributed by atoms with Crippen molar-refractivity contribution in [2.75, 3.05) is 26.2 Å². The minimum absolute atomic E-state index is 0.0154. The molecule has 0 bridgehead atoms. The van der Waals surface area contributed by atoms with Crippen LogP contribution in [0.3, 0.4) is 0 Å². The van der Waals surface area contributed by atoms with Crippen LogP contribution in [0.2, 0.25) is 0 Å². The van der Waals surface area contributed by atoms with Gasteiger partial charge in [-0.3, -0.25) is 14.7 Å². The Morgan fingerprint density at radius 1 is 1.23 bits per heavy atom. The predicted molar refractivity (Wildman–Crippen MR) is 97.7 cm³/mol. The number of hydrogen-bond donors (Lipinski definition) is 0. The molecule has 2 aliphatic heterocycles. The Labute approximate surface area is 153 Å². The van der Waals surface area contributed by atoms with Crippen LogP contribution in [0.5, 0.6) is 0 Å². The fourth-order valence-corrected chi connectivity index (χ4v) is 3.87. The summed E-state index contributed by atoms with van der Waals surface area (Å²) in [7, 11) is 0. The van der Waals surface area contributed by atoms with Crippen LogP contribution in [0.25, 0.3) is 0 Å². The van der Waals surface area contributed by atoms with E-state index in [1.54, 1.807) is 6.07 Å². The molecule has 2 aromatic heterocycles. The summed E-state index contributed by atoms with van der Waals surface area (Å²) in [4.78, 5) is 25.7. The third-order valence-corrected chi connectivity index (χ3v) is 5.23. The number of ether oxygens (including phenoxy) is 1. The molecular weight excluding hydrogens is 328 g/mol. The third kappa shape index (κ3) is 3.61. The van der Waals surface area contributed by atoms with E-state index in [0.717, 1.165) is 38.4 Å². The summed E-state index contributed by atoms with van der Waals surface area (Å²) in [6.07, 6.45) is 4.72. The number of likely N-dealkylation sites (tertiary alicyclic amines) is 1. The minimum Gasteiger partial charge on any atom is -0.375 e. The number of piperidine rings is 1.